The van der Waals surface area contributed by atoms with E-state index >= 15 is 0 Å². The normalized spacial score (nSPS) is 12.2. The Morgan fingerprint density at radius 2 is 1.63 bits per heavy atom. The van der Waals surface area contributed by atoms with Crippen LogP contribution in [-0.2, 0) is 22.7 Å². The Morgan fingerprint density at radius 1 is 1.00 bits per heavy atom. The number of benzene rings is 2. The SMILES string of the molecule is COc1cc(CNS(=O)(=O)c2ccc3[nH]c(=O)cc(C(F)(F)F)c3c2)cc(OC)c1. The molecule has 2 N–H and O–H groups in total. The predicted molar refractivity (Wildman–Crippen MR) is 103 cm³/mol. The summed E-state index contributed by atoms with van der Waals surface area (Å²) in [7, 11) is -1.26. The fourth-order valence-electron chi connectivity index (χ4n) is 2.86. The lowest BCUT2D eigenvalue weighted by Crippen LogP contribution is -2.23. The quantitative estimate of drug-likeness (QED) is 0.612. The molecule has 0 unspecified atom stereocenters. The highest BCUT2D eigenvalue weighted by atomic mass is 32.2. The van der Waals surface area contributed by atoms with Gasteiger partial charge in [-0.05, 0) is 35.9 Å². The highest BCUT2D eigenvalue weighted by molar-refractivity contribution is 7.89. The lowest BCUT2D eigenvalue weighted by Gasteiger charge is -2.13. The summed E-state index contributed by atoms with van der Waals surface area (Å²) < 4.78 is 77.8. The standard InChI is InChI=1S/C19H17F3N2O5S/c1-28-12-5-11(6-13(7-12)29-2)10-23-30(26,27)14-3-4-17-15(8-14)16(19(20,21)22)9-18(25)24-17/h3-9,23H,10H2,1-2H3,(H,24,25). The summed E-state index contributed by atoms with van der Waals surface area (Å²) in [5.41, 5.74) is -1.74. The summed E-state index contributed by atoms with van der Waals surface area (Å²) in [5.74, 6) is 0.904. The first-order chi connectivity index (χ1) is 14.0. The van der Waals surface area contributed by atoms with Crippen LogP contribution in [0.3, 0.4) is 0 Å². The Labute approximate surface area is 169 Å². The molecule has 1 heterocycles. The number of fused-ring (bicyclic) bond motifs is 1. The number of alkyl halides is 3. The van der Waals surface area contributed by atoms with Crippen LogP contribution in [0.5, 0.6) is 11.5 Å². The molecule has 0 aliphatic rings. The van der Waals surface area contributed by atoms with E-state index in [9.17, 15) is 26.4 Å². The van der Waals surface area contributed by atoms with Gasteiger partial charge in [0.15, 0.2) is 0 Å². The van der Waals surface area contributed by atoms with Gasteiger partial charge in [0.2, 0.25) is 15.6 Å². The first-order valence-corrected chi connectivity index (χ1v) is 9.98. The lowest BCUT2D eigenvalue weighted by atomic mass is 10.1. The fraction of sp³-hybridized carbons (Fsp3) is 0.211. The molecular formula is C19H17F3N2O5S. The third kappa shape index (κ3) is 4.57. The molecule has 1 aromatic heterocycles. The van der Waals surface area contributed by atoms with Gasteiger partial charge in [0.1, 0.15) is 11.5 Å². The van der Waals surface area contributed by atoms with Crippen molar-refractivity contribution in [1.82, 2.24) is 9.71 Å². The van der Waals surface area contributed by atoms with Gasteiger partial charge in [-0.3, -0.25) is 4.79 Å². The zero-order valence-corrected chi connectivity index (χ0v) is 16.6. The maximum atomic E-state index is 13.3. The molecule has 3 rings (SSSR count). The summed E-state index contributed by atoms with van der Waals surface area (Å²) >= 11 is 0. The topological polar surface area (TPSA) is 97.5 Å². The van der Waals surface area contributed by atoms with Gasteiger partial charge >= 0.3 is 6.18 Å². The van der Waals surface area contributed by atoms with Crippen LogP contribution in [-0.4, -0.2) is 27.6 Å². The van der Waals surface area contributed by atoms with Gasteiger partial charge in [0.25, 0.3) is 0 Å². The van der Waals surface area contributed by atoms with Gasteiger partial charge < -0.3 is 14.5 Å². The zero-order chi connectivity index (χ0) is 22.1. The van der Waals surface area contributed by atoms with E-state index in [0.29, 0.717) is 23.1 Å². The molecule has 0 aliphatic carbocycles. The van der Waals surface area contributed by atoms with Crippen LogP contribution >= 0.6 is 0 Å². The minimum absolute atomic E-state index is 0.119. The molecule has 11 heteroatoms. The summed E-state index contributed by atoms with van der Waals surface area (Å²) in [6, 6.07) is 8.32. The molecule has 7 nitrogen and oxygen atoms in total. The molecule has 0 bridgehead atoms. The number of halogens is 3. The zero-order valence-electron chi connectivity index (χ0n) is 15.8. The molecule has 3 aromatic rings. The van der Waals surface area contributed by atoms with E-state index in [-0.39, 0.29) is 17.0 Å². The second-order valence-corrected chi connectivity index (χ2v) is 8.06. The van der Waals surface area contributed by atoms with E-state index in [1.54, 1.807) is 18.2 Å². The molecule has 0 atom stereocenters. The second kappa shape index (κ2) is 8.00. The largest absolute Gasteiger partial charge is 0.497 e. The summed E-state index contributed by atoms with van der Waals surface area (Å²) in [4.78, 5) is 13.4. The van der Waals surface area contributed by atoms with Crippen molar-refractivity contribution in [3.63, 3.8) is 0 Å². The maximum Gasteiger partial charge on any atom is 0.417 e. The second-order valence-electron chi connectivity index (χ2n) is 6.30. The summed E-state index contributed by atoms with van der Waals surface area (Å²) in [5, 5.41) is -0.423. The number of nitrogens with one attached hydrogen (secondary N) is 2. The highest BCUT2D eigenvalue weighted by Crippen LogP contribution is 2.34. The molecule has 2 aromatic carbocycles. The molecule has 0 spiro atoms. The van der Waals surface area contributed by atoms with Crippen LogP contribution in [0.4, 0.5) is 13.2 Å². The third-order valence-electron chi connectivity index (χ3n) is 4.31. The van der Waals surface area contributed by atoms with Gasteiger partial charge in [0, 0.05) is 29.6 Å². The maximum absolute atomic E-state index is 13.3. The predicted octanol–water partition coefficient (Wildman–Crippen LogP) is 3.04. The molecule has 160 valence electrons. The number of aromatic nitrogens is 1. The fourth-order valence-corrected chi connectivity index (χ4v) is 3.91. The van der Waals surface area contributed by atoms with Crippen molar-refractivity contribution >= 4 is 20.9 Å². The molecule has 0 amide bonds. The third-order valence-corrected chi connectivity index (χ3v) is 5.71. The summed E-state index contributed by atoms with van der Waals surface area (Å²) in [6.07, 6.45) is -4.82. The number of hydrogen-bond acceptors (Lipinski definition) is 5. The smallest absolute Gasteiger partial charge is 0.417 e. The van der Waals surface area contributed by atoms with Gasteiger partial charge in [-0.15, -0.1) is 0 Å². The first-order valence-electron chi connectivity index (χ1n) is 8.49. The van der Waals surface area contributed by atoms with Crippen molar-refractivity contribution in [2.24, 2.45) is 0 Å². The van der Waals surface area contributed by atoms with Crippen molar-refractivity contribution in [1.29, 1.82) is 0 Å². The van der Waals surface area contributed by atoms with Crippen molar-refractivity contribution in [2.45, 2.75) is 17.6 Å². The van der Waals surface area contributed by atoms with Gasteiger partial charge in [-0.1, -0.05) is 0 Å². The highest BCUT2D eigenvalue weighted by Gasteiger charge is 2.33. The Morgan fingerprint density at radius 3 is 2.20 bits per heavy atom. The number of aromatic amines is 1. The minimum Gasteiger partial charge on any atom is -0.497 e. The van der Waals surface area contributed by atoms with E-state index < -0.39 is 32.7 Å². The van der Waals surface area contributed by atoms with Gasteiger partial charge in [-0.2, -0.15) is 13.2 Å². The minimum atomic E-state index is -4.82. The van der Waals surface area contributed by atoms with E-state index in [1.807, 2.05) is 0 Å². The Kier molecular flexibility index (Phi) is 5.77. The molecule has 0 radical (unpaired) electrons. The molecule has 0 fully saturated rings. The number of ether oxygens (including phenoxy) is 2. The van der Waals surface area contributed by atoms with Gasteiger partial charge in [0.05, 0.1) is 24.7 Å². The van der Waals surface area contributed by atoms with E-state index in [0.717, 1.165) is 18.2 Å². The van der Waals surface area contributed by atoms with Gasteiger partial charge in [-0.25, -0.2) is 13.1 Å². The lowest BCUT2D eigenvalue weighted by molar-refractivity contribution is -0.136. The molecule has 0 saturated heterocycles. The Balaban J connectivity index is 1.97. The molecule has 0 aliphatic heterocycles. The molecular weight excluding hydrogens is 425 g/mol. The van der Waals surface area contributed by atoms with E-state index in [4.69, 9.17) is 9.47 Å². The van der Waals surface area contributed by atoms with Crippen molar-refractivity contribution in [2.75, 3.05) is 14.2 Å². The molecule has 0 saturated carbocycles. The van der Waals surface area contributed by atoms with Crippen molar-refractivity contribution < 1.29 is 31.1 Å². The number of H-pyrrole nitrogens is 1. The molecule has 30 heavy (non-hydrogen) atoms. The van der Waals surface area contributed by atoms with Crippen LogP contribution < -0.4 is 19.8 Å². The Bertz CT molecular complexity index is 1230. The van der Waals surface area contributed by atoms with Crippen LogP contribution in [0, 0.1) is 0 Å². The van der Waals surface area contributed by atoms with E-state index in [2.05, 4.69) is 9.71 Å². The van der Waals surface area contributed by atoms with Crippen LogP contribution in [0.25, 0.3) is 10.9 Å². The van der Waals surface area contributed by atoms with Crippen molar-refractivity contribution in [3.05, 3.63) is 63.9 Å². The Hall–Kier alpha value is -3.05. The monoisotopic (exact) mass is 442 g/mol. The van der Waals surface area contributed by atoms with E-state index in [1.165, 1.54) is 14.2 Å². The van der Waals surface area contributed by atoms with Crippen LogP contribution in [0.2, 0.25) is 0 Å². The van der Waals surface area contributed by atoms with Crippen molar-refractivity contribution in [3.8, 4) is 11.5 Å². The number of pyridine rings is 1. The van der Waals surface area contributed by atoms with Crippen LogP contribution in [0.1, 0.15) is 11.1 Å². The average Bonchev–Trinajstić information content (AvgIpc) is 2.70. The van der Waals surface area contributed by atoms with Crippen LogP contribution in [0.15, 0.2) is 52.2 Å². The first kappa shape index (κ1) is 21.7. The number of hydrogen-bond donors (Lipinski definition) is 2. The number of sulfonamides is 1. The number of rotatable bonds is 6. The summed E-state index contributed by atoms with van der Waals surface area (Å²) in [6.45, 7) is -0.147. The average molecular weight is 442 g/mol. The number of methoxy groups -OCH3 is 2.